The minimum atomic E-state index is -0.134. The molecule has 0 atom stereocenters. The lowest BCUT2D eigenvalue weighted by molar-refractivity contribution is -0.140. The van der Waals surface area contributed by atoms with E-state index in [0.717, 1.165) is 16.6 Å². The van der Waals surface area contributed by atoms with Crippen molar-refractivity contribution < 1.29 is 9.53 Å². The van der Waals surface area contributed by atoms with Gasteiger partial charge in [-0.1, -0.05) is 22.0 Å². The second kappa shape index (κ2) is 6.90. The second-order valence-corrected chi connectivity index (χ2v) is 5.07. The number of carbonyl (C=O) groups is 1. The van der Waals surface area contributed by atoms with Gasteiger partial charge in [0.2, 0.25) is 0 Å². The smallest absolute Gasteiger partial charge is 0.305 e. The predicted molar refractivity (Wildman–Crippen MR) is 66.1 cm³/mol. The maximum absolute atomic E-state index is 10.8. The van der Waals surface area contributed by atoms with E-state index >= 15 is 0 Å². The van der Waals surface area contributed by atoms with Crippen molar-refractivity contribution in [1.82, 2.24) is 0 Å². The molecule has 4 heteroatoms. The first-order valence-electron chi connectivity index (χ1n) is 4.67. The van der Waals surface area contributed by atoms with E-state index in [4.69, 9.17) is 0 Å². The molecule has 0 saturated heterocycles. The summed E-state index contributed by atoms with van der Waals surface area (Å²) in [6, 6.07) is 8.14. The molecule has 0 N–H and O–H groups in total. The third-order valence-corrected chi connectivity index (χ3v) is 3.39. The highest BCUT2D eigenvalue weighted by Gasteiger charge is 2.00. The molecule has 82 valence electrons. The van der Waals surface area contributed by atoms with Crippen LogP contribution in [0.4, 0.5) is 0 Å². The van der Waals surface area contributed by atoms with Crippen LogP contribution in [-0.2, 0) is 9.53 Å². The lowest BCUT2D eigenvalue weighted by Gasteiger charge is -2.01. The number of carbonyl (C=O) groups excluding carboxylic acids is 1. The zero-order chi connectivity index (χ0) is 11.1. The maximum atomic E-state index is 10.8. The van der Waals surface area contributed by atoms with Gasteiger partial charge in [0, 0.05) is 15.8 Å². The van der Waals surface area contributed by atoms with Crippen molar-refractivity contribution >= 4 is 33.7 Å². The fourth-order valence-corrected chi connectivity index (χ4v) is 2.53. The summed E-state index contributed by atoms with van der Waals surface area (Å²) in [5.74, 6) is 0.802. The summed E-state index contributed by atoms with van der Waals surface area (Å²) in [6.07, 6.45) is 1.35. The zero-order valence-corrected chi connectivity index (χ0v) is 10.9. The Kier molecular flexibility index (Phi) is 5.79. The van der Waals surface area contributed by atoms with E-state index in [2.05, 4.69) is 32.8 Å². The Balaban J connectivity index is 2.23. The fraction of sp³-hybridized carbons (Fsp3) is 0.364. The van der Waals surface area contributed by atoms with Crippen molar-refractivity contribution in [3.63, 3.8) is 0 Å². The average Bonchev–Trinajstić information content (AvgIpc) is 2.24. The molecule has 1 rings (SSSR count). The van der Waals surface area contributed by atoms with Gasteiger partial charge in [-0.2, -0.15) is 0 Å². The molecule has 0 aromatic heterocycles. The van der Waals surface area contributed by atoms with Crippen molar-refractivity contribution in [2.75, 3.05) is 12.9 Å². The molecule has 0 spiro atoms. The summed E-state index contributed by atoms with van der Waals surface area (Å²) in [5, 5.41) is 0. The summed E-state index contributed by atoms with van der Waals surface area (Å²) < 4.78 is 5.65. The first kappa shape index (κ1) is 12.6. The number of rotatable bonds is 5. The molecule has 0 aliphatic rings. The Bertz CT molecular complexity index is 328. The number of hydrogen-bond donors (Lipinski definition) is 0. The topological polar surface area (TPSA) is 26.3 Å². The van der Waals surface area contributed by atoms with Crippen LogP contribution < -0.4 is 0 Å². The van der Waals surface area contributed by atoms with Crippen LogP contribution >= 0.6 is 27.7 Å². The molecule has 0 amide bonds. The molecule has 2 nitrogen and oxygen atoms in total. The Morgan fingerprint density at radius 2 is 2.33 bits per heavy atom. The molecular weight excluding hydrogens is 276 g/mol. The molecule has 1 aromatic carbocycles. The van der Waals surface area contributed by atoms with Gasteiger partial charge in [-0.3, -0.25) is 4.79 Å². The number of halogens is 1. The van der Waals surface area contributed by atoms with Gasteiger partial charge in [0.1, 0.15) is 0 Å². The van der Waals surface area contributed by atoms with E-state index < -0.39 is 0 Å². The first-order valence-corrected chi connectivity index (χ1v) is 6.45. The SMILES string of the molecule is COC(=O)CCCSc1cccc(Br)c1. The number of ether oxygens (including phenoxy) is 1. The summed E-state index contributed by atoms with van der Waals surface area (Å²) in [4.78, 5) is 12.1. The monoisotopic (exact) mass is 288 g/mol. The third-order valence-electron chi connectivity index (χ3n) is 1.82. The van der Waals surface area contributed by atoms with Crippen LogP contribution in [0.3, 0.4) is 0 Å². The molecular formula is C11H13BrO2S. The Labute approximate surface area is 103 Å². The average molecular weight is 289 g/mol. The highest BCUT2D eigenvalue weighted by molar-refractivity contribution is 9.10. The molecule has 0 heterocycles. The van der Waals surface area contributed by atoms with Gasteiger partial charge < -0.3 is 4.74 Å². The van der Waals surface area contributed by atoms with Crippen LogP contribution in [0.2, 0.25) is 0 Å². The van der Waals surface area contributed by atoms with Gasteiger partial charge in [-0.25, -0.2) is 0 Å². The zero-order valence-electron chi connectivity index (χ0n) is 8.53. The van der Waals surface area contributed by atoms with Crippen LogP contribution in [0.25, 0.3) is 0 Å². The third kappa shape index (κ3) is 5.23. The number of benzene rings is 1. The van der Waals surface area contributed by atoms with Gasteiger partial charge in [-0.05, 0) is 30.4 Å². The van der Waals surface area contributed by atoms with Crippen LogP contribution in [-0.4, -0.2) is 18.8 Å². The lowest BCUT2D eigenvalue weighted by atomic mass is 10.3. The standard InChI is InChI=1S/C11H13BrO2S/c1-14-11(13)6-3-7-15-10-5-2-4-9(12)8-10/h2,4-5,8H,3,6-7H2,1H3. The minimum Gasteiger partial charge on any atom is -0.469 e. The first-order chi connectivity index (χ1) is 7.22. The minimum absolute atomic E-state index is 0.134. The van der Waals surface area contributed by atoms with Gasteiger partial charge >= 0.3 is 5.97 Å². The summed E-state index contributed by atoms with van der Waals surface area (Å²) in [5.41, 5.74) is 0. The van der Waals surface area contributed by atoms with Crippen LogP contribution in [0.15, 0.2) is 33.6 Å². The number of hydrogen-bond acceptors (Lipinski definition) is 3. The number of methoxy groups -OCH3 is 1. The normalized spacial score (nSPS) is 10.0. The summed E-state index contributed by atoms with van der Waals surface area (Å²) in [6.45, 7) is 0. The Hall–Kier alpha value is -0.480. The van der Waals surface area contributed by atoms with Crippen molar-refractivity contribution in [2.24, 2.45) is 0 Å². The van der Waals surface area contributed by atoms with Gasteiger partial charge in [0.25, 0.3) is 0 Å². The molecule has 0 fully saturated rings. The molecule has 0 aliphatic heterocycles. The van der Waals surface area contributed by atoms with Crippen molar-refractivity contribution in [2.45, 2.75) is 17.7 Å². The molecule has 1 aromatic rings. The van der Waals surface area contributed by atoms with E-state index in [1.807, 2.05) is 12.1 Å². The lowest BCUT2D eigenvalue weighted by Crippen LogP contribution is -1.99. The molecule has 0 aliphatic carbocycles. The van der Waals surface area contributed by atoms with Gasteiger partial charge in [0.15, 0.2) is 0 Å². The van der Waals surface area contributed by atoms with Crippen LogP contribution in [0.5, 0.6) is 0 Å². The van der Waals surface area contributed by atoms with E-state index in [1.165, 1.54) is 12.0 Å². The van der Waals surface area contributed by atoms with Gasteiger partial charge in [0.05, 0.1) is 7.11 Å². The van der Waals surface area contributed by atoms with Crippen LogP contribution in [0, 0.1) is 0 Å². The highest BCUT2D eigenvalue weighted by atomic mass is 79.9. The second-order valence-electron chi connectivity index (χ2n) is 2.99. The molecule has 0 unspecified atom stereocenters. The maximum Gasteiger partial charge on any atom is 0.305 e. The van der Waals surface area contributed by atoms with E-state index in [1.54, 1.807) is 11.8 Å². The summed E-state index contributed by atoms with van der Waals surface area (Å²) in [7, 11) is 1.42. The molecule has 15 heavy (non-hydrogen) atoms. The molecule has 0 saturated carbocycles. The fourth-order valence-electron chi connectivity index (χ4n) is 1.07. The van der Waals surface area contributed by atoms with Gasteiger partial charge in [-0.15, -0.1) is 11.8 Å². The summed E-state index contributed by atoms with van der Waals surface area (Å²) >= 11 is 5.17. The molecule has 0 radical (unpaired) electrons. The van der Waals surface area contributed by atoms with Crippen molar-refractivity contribution in [1.29, 1.82) is 0 Å². The Morgan fingerprint density at radius 1 is 1.53 bits per heavy atom. The predicted octanol–water partition coefficient (Wildman–Crippen LogP) is 3.49. The Morgan fingerprint density at radius 3 is 3.00 bits per heavy atom. The van der Waals surface area contributed by atoms with Crippen molar-refractivity contribution in [3.8, 4) is 0 Å². The highest BCUT2D eigenvalue weighted by Crippen LogP contribution is 2.22. The number of esters is 1. The van der Waals surface area contributed by atoms with E-state index in [0.29, 0.717) is 6.42 Å². The largest absolute Gasteiger partial charge is 0.469 e. The van der Waals surface area contributed by atoms with Crippen molar-refractivity contribution in [3.05, 3.63) is 28.7 Å². The van der Waals surface area contributed by atoms with E-state index in [9.17, 15) is 4.79 Å². The quantitative estimate of drug-likeness (QED) is 0.471. The van der Waals surface area contributed by atoms with E-state index in [-0.39, 0.29) is 5.97 Å². The molecule has 0 bridgehead atoms. The number of thioether (sulfide) groups is 1. The van der Waals surface area contributed by atoms with Crippen LogP contribution in [0.1, 0.15) is 12.8 Å².